The van der Waals surface area contributed by atoms with Gasteiger partial charge in [-0.15, -0.1) is 0 Å². The van der Waals surface area contributed by atoms with Gasteiger partial charge in [0, 0.05) is 13.3 Å². The van der Waals surface area contributed by atoms with E-state index in [-0.39, 0.29) is 13.0 Å². The lowest BCUT2D eigenvalue weighted by Gasteiger charge is -2.26. The first-order valence-electron chi connectivity index (χ1n) is 8.61. The van der Waals surface area contributed by atoms with Gasteiger partial charge in [0.2, 0.25) is 6.10 Å². The number of hydrogen-bond acceptors (Lipinski definition) is 6. The molecule has 2 aromatic rings. The van der Waals surface area contributed by atoms with Crippen molar-refractivity contribution >= 4 is 17.8 Å². The minimum absolute atomic E-state index is 0.00767. The molecule has 0 saturated heterocycles. The van der Waals surface area contributed by atoms with Gasteiger partial charge in [-0.1, -0.05) is 24.3 Å². The maximum Gasteiger partial charge on any atom is 0.326 e. The normalized spacial score (nSPS) is 16.0. The maximum absolute atomic E-state index is 12.5. The van der Waals surface area contributed by atoms with Crippen LogP contribution < -0.4 is 19.5 Å². The van der Waals surface area contributed by atoms with Crippen molar-refractivity contribution in [1.82, 2.24) is 5.32 Å². The number of benzene rings is 2. The SMILES string of the molecule is CC(=O)Oc1ccc(CC(NC(=O)C2COc3ccccc3O2)C(=O)O)cc1. The highest BCUT2D eigenvalue weighted by molar-refractivity contribution is 5.87. The predicted molar refractivity (Wildman–Crippen MR) is 97.4 cm³/mol. The zero-order chi connectivity index (χ0) is 20.1. The Kier molecular flexibility index (Phi) is 5.78. The molecule has 0 aromatic heterocycles. The molecule has 28 heavy (non-hydrogen) atoms. The number of aliphatic carboxylic acids is 1. The summed E-state index contributed by atoms with van der Waals surface area (Å²) in [5.41, 5.74) is 0.662. The molecule has 8 heteroatoms. The van der Waals surface area contributed by atoms with Gasteiger partial charge in [-0.25, -0.2) is 4.79 Å². The highest BCUT2D eigenvalue weighted by Crippen LogP contribution is 2.30. The molecule has 0 fully saturated rings. The molecule has 1 amide bonds. The number of amides is 1. The molecule has 2 atom stereocenters. The zero-order valence-electron chi connectivity index (χ0n) is 15.1. The van der Waals surface area contributed by atoms with Crippen molar-refractivity contribution in [2.45, 2.75) is 25.5 Å². The summed E-state index contributed by atoms with van der Waals surface area (Å²) in [6.07, 6.45) is -0.880. The molecule has 2 unspecified atom stereocenters. The summed E-state index contributed by atoms with van der Waals surface area (Å²) in [4.78, 5) is 35.0. The van der Waals surface area contributed by atoms with Crippen LogP contribution in [0.2, 0.25) is 0 Å². The fraction of sp³-hybridized carbons (Fsp3) is 0.250. The number of carboxylic acid groups (broad SMARTS) is 1. The minimum atomic E-state index is -1.17. The van der Waals surface area contributed by atoms with Crippen LogP contribution in [0.1, 0.15) is 12.5 Å². The van der Waals surface area contributed by atoms with E-state index >= 15 is 0 Å². The number of hydrogen-bond donors (Lipinski definition) is 2. The van der Waals surface area contributed by atoms with Crippen LogP contribution in [-0.2, 0) is 20.8 Å². The van der Waals surface area contributed by atoms with Gasteiger partial charge in [-0.3, -0.25) is 9.59 Å². The first kappa shape index (κ1) is 19.2. The highest BCUT2D eigenvalue weighted by Gasteiger charge is 2.30. The smallest absolute Gasteiger partial charge is 0.326 e. The average molecular weight is 385 g/mol. The number of nitrogens with one attached hydrogen (secondary N) is 1. The molecule has 0 saturated carbocycles. The molecule has 1 aliphatic heterocycles. The largest absolute Gasteiger partial charge is 0.485 e. The summed E-state index contributed by atoms with van der Waals surface area (Å²) in [6.45, 7) is 1.28. The van der Waals surface area contributed by atoms with Crippen LogP contribution in [0.3, 0.4) is 0 Å². The fourth-order valence-electron chi connectivity index (χ4n) is 2.71. The number of para-hydroxylation sites is 2. The van der Waals surface area contributed by atoms with Gasteiger partial charge in [-0.2, -0.15) is 0 Å². The summed E-state index contributed by atoms with van der Waals surface area (Å²) in [7, 11) is 0. The standard InChI is InChI=1S/C20H19NO7/c1-12(22)27-14-8-6-13(7-9-14)10-15(20(24)25)21-19(23)18-11-26-16-4-2-3-5-17(16)28-18/h2-9,15,18H,10-11H2,1H3,(H,21,23)(H,24,25). The summed E-state index contributed by atoms with van der Waals surface area (Å²) in [5, 5.41) is 11.9. The summed E-state index contributed by atoms with van der Waals surface area (Å²) in [5.74, 6) is -0.859. The van der Waals surface area contributed by atoms with Crippen molar-refractivity contribution in [2.24, 2.45) is 0 Å². The Morgan fingerprint density at radius 3 is 2.46 bits per heavy atom. The van der Waals surface area contributed by atoms with Crippen molar-refractivity contribution in [1.29, 1.82) is 0 Å². The van der Waals surface area contributed by atoms with Gasteiger partial charge in [-0.05, 0) is 29.8 Å². The van der Waals surface area contributed by atoms with E-state index < -0.39 is 30.0 Å². The third-order valence-electron chi connectivity index (χ3n) is 4.04. The lowest BCUT2D eigenvalue weighted by Crippen LogP contribution is -2.50. The van der Waals surface area contributed by atoms with Crippen LogP contribution in [-0.4, -0.2) is 41.7 Å². The van der Waals surface area contributed by atoms with Crippen molar-refractivity contribution in [3.8, 4) is 17.2 Å². The van der Waals surface area contributed by atoms with Crippen molar-refractivity contribution in [3.05, 3.63) is 54.1 Å². The van der Waals surface area contributed by atoms with E-state index in [2.05, 4.69) is 5.32 Å². The summed E-state index contributed by atoms with van der Waals surface area (Å²) in [6, 6.07) is 12.2. The lowest BCUT2D eigenvalue weighted by molar-refractivity contribution is -0.143. The van der Waals surface area contributed by atoms with Crippen molar-refractivity contribution in [2.75, 3.05) is 6.61 Å². The maximum atomic E-state index is 12.5. The number of ether oxygens (including phenoxy) is 3. The highest BCUT2D eigenvalue weighted by atomic mass is 16.6. The van der Waals surface area contributed by atoms with Crippen molar-refractivity contribution in [3.63, 3.8) is 0 Å². The lowest BCUT2D eigenvalue weighted by atomic mass is 10.1. The topological polar surface area (TPSA) is 111 Å². The quantitative estimate of drug-likeness (QED) is 0.573. The van der Waals surface area contributed by atoms with Gasteiger partial charge in [0.1, 0.15) is 18.4 Å². The summed E-state index contributed by atoms with van der Waals surface area (Å²) >= 11 is 0. The van der Waals surface area contributed by atoms with Gasteiger partial charge in [0.25, 0.3) is 5.91 Å². The predicted octanol–water partition coefficient (Wildman–Crippen LogP) is 1.56. The second-order valence-electron chi connectivity index (χ2n) is 6.21. The third-order valence-corrected chi connectivity index (χ3v) is 4.04. The molecule has 0 aliphatic carbocycles. The number of esters is 1. The molecule has 0 bridgehead atoms. The average Bonchev–Trinajstić information content (AvgIpc) is 2.68. The first-order valence-corrected chi connectivity index (χ1v) is 8.61. The molecule has 1 heterocycles. The molecule has 3 rings (SSSR count). The summed E-state index contributed by atoms with van der Waals surface area (Å²) < 4.78 is 16.0. The third kappa shape index (κ3) is 4.79. The van der Waals surface area contributed by atoms with Crippen LogP contribution in [0, 0.1) is 0 Å². The van der Waals surface area contributed by atoms with E-state index in [9.17, 15) is 19.5 Å². The van der Waals surface area contributed by atoms with Crippen molar-refractivity contribution < 1.29 is 33.7 Å². The van der Waals surface area contributed by atoms with Crippen LogP contribution in [0.4, 0.5) is 0 Å². The van der Waals surface area contributed by atoms with Gasteiger partial charge >= 0.3 is 11.9 Å². The van der Waals surface area contributed by atoms with Gasteiger partial charge < -0.3 is 24.6 Å². The molecule has 0 radical (unpaired) electrons. The van der Waals surface area contributed by atoms with Crippen LogP contribution in [0.5, 0.6) is 17.2 Å². The number of rotatable bonds is 6. The number of fused-ring (bicyclic) bond motifs is 1. The zero-order valence-corrected chi connectivity index (χ0v) is 15.1. The molecular formula is C20H19NO7. The fourth-order valence-corrected chi connectivity index (χ4v) is 2.71. The molecule has 2 N–H and O–H groups in total. The minimum Gasteiger partial charge on any atom is -0.485 e. The first-order chi connectivity index (χ1) is 13.4. The van der Waals surface area contributed by atoms with Crippen LogP contribution in [0.15, 0.2) is 48.5 Å². The molecule has 0 spiro atoms. The Morgan fingerprint density at radius 2 is 1.82 bits per heavy atom. The Hall–Kier alpha value is -3.55. The second kappa shape index (κ2) is 8.43. The van der Waals surface area contributed by atoms with E-state index in [1.54, 1.807) is 48.5 Å². The molecular weight excluding hydrogens is 366 g/mol. The Labute approximate surface area is 161 Å². The van der Waals surface area contributed by atoms with E-state index in [1.807, 2.05) is 0 Å². The Morgan fingerprint density at radius 1 is 1.14 bits per heavy atom. The number of carbonyl (C=O) groups is 3. The molecule has 8 nitrogen and oxygen atoms in total. The Bertz CT molecular complexity index is 878. The van der Waals surface area contributed by atoms with E-state index in [4.69, 9.17) is 14.2 Å². The molecule has 2 aromatic carbocycles. The van der Waals surface area contributed by atoms with E-state index in [1.165, 1.54) is 6.92 Å². The van der Waals surface area contributed by atoms with Crippen LogP contribution in [0.25, 0.3) is 0 Å². The van der Waals surface area contributed by atoms with E-state index in [0.29, 0.717) is 22.8 Å². The van der Waals surface area contributed by atoms with E-state index in [0.717, 1.165) is 0 Å². The number of carbonyl (C=O) groups excluding carboxylic acids is 2. The molecule has 1 aliphatic rings. The van der Waals surface area contributed by atoms with Gasteiger partial charge in [0.05, 0.1) is 0 Å². The molecule has 146 valence electrons. The second-order valence-corrected chi connectivity index (χ2v) is 6.21. The van der Waals surface area contributed by atoms with Crippen LogP contribution >= 0.6 is 0 Å². The Balaban J connectivity index is 1.62. The van der Waals surface area contributed by atoms with Gasteiger partial charge in [0.15, 0.2) is 11.5 Å². The monoisotopic (exact) mass is 385 g/mol. The number of carboxylic acids is 1.